The lowest BCUT2D eigenvalue weighted by atomic mass is 10.1. The highest BCUT2D eigenvalue weighted by Crippen LogP contribution is 2.21. The SMILES string of the molecule is COC(=O)c1cccc2c1ccn2CCOCc1ccccc1. The lowest BCUT2D eigenvalue weighted by molar-refractivity contribution is 0.0603. The van der Waals surface area contributed by atoms with Crippen LogP contribution in [-0.2, 0) is 22.6 Å². The number of ether oxygens (including phenoxy) is 2. The molecule has 0 aliphatic heterocycles. The maximum Gasteiger partial charge on any atom is 0.338 e. The minimum atomic E-state index is -0.311. The van der Waals surface area contributed by atoms with Crippen molar-refractivity contribution >= 4 is 16.9 Å². The summed E-state index contributed by atoms with van der Waals surface area (Å²) < 4.78 is 12.6. The van der Waals surface area contributed by atoms with Crippen molar-refractivity contribution in [2.75, 3.05) is 13.7 Å². The molecule has 4 nitrogen and oxygen atoms in total. The molecule has 0 spiro atoms. The summed E-state index contributed by atoms with van der Waals surface area (Å²) in [5.74, 6) is -0.311. The van der Waals surface area contributed by atoms with Crippen LogP contribution in [-0.4, -0.2) is 24.3 Å². The molecular weight excluding hydrogens is 290 g/mol. The second-order valence-corrected chi connectivity index (χ2v) is 5.28. The Hall–Kier alpha value is -2.59. The molecule has 0 aliphatic carbocycles. The first kappa shape index (κ1) is 15.3. The van der Waals surface area contributed by atoms with Crippen LogP contribution in [0.25, 0.3) is 10.9 Å². The lowest BCUT2D eigenvalue weighted by Gasteiger charge is -2.08. The monoisotopic (exact) mass is 309 g/mol. The van der Waals surface area contributed by atoms with E-state index in [1.54, 1.807) is 6.07 Å². The zero-order chi connectivity index (χ0) is 16.1. The van der Waals surface area contributed by atoms with Crippen LogP contribution in [0.3, 0.4) is 0 Å². The Labute approximate surface area is 135 Å². The lowest BCUT2D eigenvalue weighted by Crippen LogP contribution is -2.06. The van der Waals surface area contributed by atoms with Crippen LogP contribution in [0.4, 0.5) is 0 Å². The number of carbonyl (C=O) groups is 1. The summed E-state index contributed by atoms with van der Waals surface area (Å²) in [6, 6.07) is 17.7. The van der Waals surface area contributed by atoms with Crippen LogP contribution in [0.5, 0.6) is 0 Å². The summed E-state index contributed by atoms with van der Waals surface area (Å²) in [7, 11) is 1.40. The quantitative estimate of drug-likeness (QED) is 0.515. The molecule has 0 saturated carbocycles. The van der Waals surface area contributed by atoms with Gasteiger partial charge in [0, 0.05) is 23.6 Å². The minimum absolute atomic E-state index is 0.311. The number of nitrogens with zero attached hydrogens (tertiary/aromatic N) is 1. The Balaban J connectivity index is 1.66. The van der Waals surface area contributed by atoms with Crippen molar-refractivity contribution in [2.45, 2.75) is 13.2 Å². The van der Waals surface area contributed by atoms with E-state index in [9.17, 15) is 4.79 Å². The number of aromatic nitrogens is 1. The third kappa shape index (κ3) is 3.43. The molecule has 118 valence electrons. The first-order valence-corrected chi connectivity index (χ1v) is 7.57. The van der Waals surface area contributed by atoms with Crippen molar-refractivity contribution in [2.24, 2.45) is 0 Å². The molecule has 0 amide bonds. The van der Waals surface area contributed by atoms with Gasteiger partial charge in [0.1, 0.15) is 0 Å². The second kappa shape index (κ2) is 7.11. The van der Waals surface area contributed by atoms with Crippen molar-refractivity contribution in [3.63, 3.8) is 0 Å². The summed E-state index contributed by atoms with van der Waals surface area (Å²) in [6.07, 6.45) is 1.98. The maximum absolute atomic E-state index is 11.8. The van der Waals surface area contributed by atoms with E-state index in [0.29, 0.717) is 18.8 Å². The van der Waals surface area contributed by atoms with Crippen LogP contribution in [0.2, 0.25) is 0 Å². The average molecular weight is 309 g/mol. The van der Waals surface area contributed by atoms with Crippen LogP contribution in [0, 0.1) is 0 Å². The molecule has 0 N–H and O–H groups in total. The molecule has 0 unspecified atom stereocenters. The molecule has 2 aromatic carbocycles. The van der Waals surface area contributed by atoms with Crippen LogP contribution in [0.15, 0.2) is 60.8 Å². The van der Waals surface area contributed by atoms with Gasteiger partial charge in [-0.2, -0.15) is 0 Å². The Bertz CT molecular complexity index is 793. The molecule has 0 fully saturated rings. The largest absolute Gasteiger partial charge is 0.465 e. The van der Waals surface area contributed by atoms with Gasteiger partial charge in [-0.1, -0.05) is 36.4 Å². The van der Waals surface area contributed by atoms with E-state index >= 15 is 0 Å². The van der Waals surface area contributed by atoms with E-state index in [-0.39, 0.29) is 5.97 Å². The summed E-state index contributed by atoms with van der Waals surface area (Å²) in [5.41, 5.74) is 2.77. The molecule has 0 saturated heterocycles. The van der Waals surface area contributed by atoms with Gasteiger partial charge in [-0.3, -0.25) is 0 Å². The molecule has 3 aromatic rings. The molecule has 4 heteroatoms. The summed E-state index contributed by atoms with van der Waals surface area (Å²) in [5, 5.41) is 0.905. The van der Waals surface area contributed by atoms with Gasteiger partial charge >= 0.3 is 5.97 Å². The number of esters is 1. The van der Waals surface area contributed by atoms with E-state index < -0.39 is 0 Å². The van der Waals surface area contributed by atoms with Gasteiger partial charge in [-0.25, -0.2) is 4.79 Å². The molecule has 23 heavy (non-hydrogen) atoms. The third-order valence-electron chi connectivity index (χ3n) is 3.81. The predicted octanol–water partition coefficient (Wildman–Crippen LogP) is 3.64. The molecule has 1 heterocycles. The summed E-state index contributed by atoms with van der Waals surface area (Å²) >= 11 is 0. The van der Waals surface area contributed by atoms with E-state index in [1.165, 1.54) is 7.11 Å². The van der Waals surface area contributed by atoms with Crippen LogP contribution < -0.4 is 0 Å². The fourth-order valence-corrected chi connectivity index (χ4v) is 2.63. The molecular formula is C19H19NO3. The van der Waals surface area contributed by atoms with Gasteiger partial charge in [-0.15, -0.1) is 0 Å². The normalized spacial score (nSPS) is 10.8. The number of benzene rings is 2. The molecule has 0 atom stereocenters. The number of hydrogen-bond donors (Lipinski definition) is 0. The highest BCUT2D eigenvalue weighted by molar-refractivity contribution is 6.03. The number of carbonyl (C=O) groups excluding carboxylic acids is 1. The van der Waals surface area contributed by atoms with Crippen molar-refractivity contribution in [1.82, 2.24) is 4.57 Å². The van der Waals surface area contributed by atoms with Crippen molar-refractivity contribution in [3.05, 3.63) is 71.9 Å². The smallest absolute Gasteiger partial charge is 0.338 e. The van der Waals surface area contributed by atoms with Gasteiger partial charge in [0.05, 0.1) is 25.9 Å². The molecule has 0 bridgehead atoms. The van der Waals surface area contributed by atoms with E-state index in [4.69, 9.17) is 9.47 Å². The highest BCUT2D eigenvalue weighted by atomic mass is 16.5. The highest BCUT2D eigenvalue weighted by Gasteiger charge is 2.12. The van der Waals surface area contributed by atoms with Gasteiger partial charge in [-0.05, 0) is 23.8 Å². The zero-order valence-electron chi connectivity index (χ0n) is 13.1. The average Bonchev–Trinajstić information content (AvgIpc) is 3.02. The predicted molar refractivity (Wildman–Crippen MR) is 89.4 cm³/mol. The Morgan fingerprint density at radius 3 is 2.65 bits per heavy atom. The van der Waals surface area contributed by atoms with Crippen molar-refractivity contribution < 1.29 is 14.3 Å². The fraction of sp³-hybridized carbons (Fsp3) is 0.211. The number of hydrogen-bond acceptors (Lipinski definition) is 3. The first-order valence-electron chi connectivity index (χ1n) is 7.57. The Morgan fingerprint density at radius 2 is 1.87 bits per heavy atom. The summed E-state index contributed by atoms with van der Waals surface area (Å²) in [6.45, 7) is 1.95. The summed E-state index contributed by atoms with van der Waals surface area (Å²) in [4.78, 5) is 11.8. The van der Waals surface area contributed by atoms with Gasteiger partial charge < -0.3 is 14.0 Å². The first-order chi connectivity index (χ1) is 11.3. The fourth-order valence-electron chi connectivity index (χ4n) is 2.63. The Kier molecular flexibility index (Phi) is 4.74. The number of rotatable bonds is 6. The minimum Gasteiger partial charge on any atom is -0.465 e. The van der Waals surface area contributed by atoms with E-state index in [2.05, 4.69) is 4.57 Å². The molecule has 3 rings (SSSR count). The topological polar surface area (TPSA) is 40.5 Å². The standard InChI is InChI=1S/C19H19NO3/c1-22-19(21)17-8-5-9-18-16(17)10-11-20(18)12-13-23-14-15-6-3-2-4-7-15/h2-11H,12-14H2,1H3. The number of fused-ring (bicyclic) bond motifs is 1. The third-order valence-corrected chi connectivity index (χ3v) is 3.81. The molecule has 0 aliphatic rings. The van der Waals surface area contributed by atoms with Crippen molar-refractivity contribution in [3.8, 4) is 0 Å². The maximum atomic E-state index is 11.8. The van der Waals surface area contributed by atoms with Gasteiger partial charge in [0.2, 0.25) is 0 Å². The van der Waals surface area contributed by atoms with Gasteiger partial charge in [0.15, 0.2) is 0 Å². The van der Waals surface area contributed by atoms with E-state index in [0.717, 1.165) is 23.0 Å². The van der Waals surface area contributed by atoms with Gasteiger partial charge in [0.25, 0.3) is 0 Å². The van der Waals surface area contributed by atoms with Crippen LogP contribution >= 0.6 is 0 Å². The number of methoxy groups -OCH3 is 1. The van der Waals surface area contributed by atoms with Crippen molar-refractivity contribution in [1.29, 1.82) is 0 Å². The van der Waals surface area contributed by atoms with E-state index in [1.807, 2.05) is 54.7 Å². The molecule has 0 radical (unpaired) electrons. The second-order valence-electron chi connectivity index (χ2n) is 5.28. The molecule has 1 aromatic heterocycles. The van der Waals surface area contributed by atoms with Crippen LogP contribution in [0.1, 0.15) is 15.9 Å². The Morgan fingerprint density at radius 1 is 1.04 bits per heavy atom. The zero-order valence-corrected chi connectivity index (χ0v) is 13.1.